The number of hydrogen-bond donors (Lipinski definition) is 3. The number of amides is 1. The number of hydrogen-bond acceptors (Lipinski definition) is 7. The summed E-state index contributed by atoms with van der Waals surface area (Å²) in [5, 5.41) is 21.4. The van der Waals surface area contributed by atoms with E-state index in [2.05, 4.69) is 22.0 Å². The average Bonchev–Trinajstić information content (AvgIpc) is 3.32. The molecule has 9 nitrogen and oxygen atoms in total. The van der Waals surface area contributed by atoms with E-state index < -0.39 is 11.5 Å². The average molecular weight is 410 g/mol. The topological polar surface area (TPSA) is 137 Å². The molecule has 4 N–H and O–H groups in total. The monoisotopic (exact) mass is 410 g/mol. The standard InChI is InChI=1S/C20H18N4O4.CH4O/c1-12-9-17(23-28-12)20(2,26)6-5-13-3-4-16-14(10-13)19-22-15(18(21)25)11-24(19)7-8-27-16;1-2/h3-4,9-11,26H,7-8H2,1-2H3,(H2,21,25);2H,1H3/t20-;/m0./s1. The van der Waals surface area contributed by atoms with Crippen LogP contribution in [0.15, 0.2) is 35.0 Å². The molecule has 0 radical (unpaired) electrons. The van der Waals surface area contributed by atoms with E-state index in [4.69, 9.17) is 20.1 Å². The number of fused-ring (bicyclic) bond motifs is 3. The van der Waals surface area contributed by atoms with Gasteiger partial charge in [0, 0.05) is 24.9 Å². The minimum atomic E-state index is -1.46. The lowest BCUT2D eigenvalue weighted by atomic mass is 10.0. The Balaban J connectivity index is 0.00000124. The molecule has 4 rings (SSSR count). The number of imidazole rings is 1. The van der Waals surface area contributed by atoms with Crippen LogP contribution in [0.1, 0.15) is 34.4 Å². The first-order chi connectivity index (χ1) is 14.3. The van der Waals surface area contributed by atoms with Gasteiger partial charge < -0.3 is 29.8 Å². The Kier molecular flexibility index (Phi) is 5.91. The number of rotatable bonds is 2. The fourth-order valence-electron chi connectivity index (χ4n) is 2.94. The fraction of sp³-hybridized carbons (Fsp3) is 0.286. The number of carbonyl (C=O) groups is 1. The van der Waals surface area contributed by atoms with Gasteiger partial charge in [-0.3, -0.25) is 4.79 Å². The van der Waals surface area contributed by atoms with Gasteiger partial charge in [-0.05, 0) is 32.0 Å². The maximum atomic E-state index is 11.5. The fourth-order valence-corrected chi connectivity index (χ4v) is 2.94. The minimum absolute atomic E-state index is 0.198. The van der Waals surface area contributed by atoms with Gasteiger partial charge in [-0.2, -0.15) is 0 Å². The molecule has 0 fully saturated rings. The third-order valence-electron chi connectivity index (χ3n) is 4.42. The second-order valence-electron chi connectivity index (χ2n) is 6.71. The number of aliphatic hydroxyl groups excluding tert-OH is 1. The van der Waals surface area contributed by atoms with E-state index in [1.54, 1.807) is 44.3 Å². The number of benzene rings is 1. The summed E-state index contributed by atoms with van der Waals surface area (Å²) >= 11 is 0. The largest absolute Gasteiger partial charge is 0.491 e. The molecule has 0 saturated heterocycles. The molecule has 1 aromatic carbocycles. The minimum Gasteiger partial charge on any atom is -0.491 e. The number of aromatic nitrogens is 3. The van der Waals surface area contributed by atoms with Crippen LogP contribution in [0.4, 0.5) is 0 Å². The Hall–Kier alpha value is -3.61. The maximum Gasteiger partial charge on any atom is 0.268 e. The molecule has 2 aromatic heterocycles. The van der Waals surface area contributed by atoms with Crippen LogP contribution in [0.5, 0.6) is 5.75 Å². The van der Waals surface area contributed by atoms with Gasteiger partial charge in [0.2, 0.25) is 0 Å². The predicted octanol–water partition coefficient (Wildman–Crippen LogP) is 1.21. The third-order valence-corrected chi connectivity index (χ3v) is 4.42. The molecule has 0 spiro atoms. The van der Waals surface area contributed by atoms with Crippen molar-refractivity contribution in [3.63, 3.8) is 0 Å². The molecule has 9 heteroatoms. The van der Waals surface area contributed by atoms with E-state index in [9.17, 15) is 9.90 Å². The second-order valence-corrected chi connectivity index (χ2v) is 6.71. The van der Waals surface area contributed by atoms with Crippen molar-refractivity contribution in [3.8, 4) is 29.0 Å². The molecule has 30 heavy (non-hydrogen) atoms. The summed E-state index contributed by atoms with van der Waals surface area (Å²) in [6.45, 7) is 4.29. The van der Waals surface area contributed by atoms with Crippen LogP contribution >= 0.6 is 0 Å². The van der Waals surface area contributed by atoms with Crippen molar-refractivity contribution in [2.75, 3.05) is 13.7 Å². The van der Waals surface area contributed by atoms with Gasteiger partial charge in [-0.15, -0.1) is 0 Å². The van der Waals surface area contributed by atoms with E-state index in [-0.39, 0.29) is 5.69 Å². The van der Waals surface area contributed by atoms with Crippen LogP contribution in [0.3, 0.4) is 0 Å². The Labute approximate surface area is 173 Å². The highest BCUT2D eigenvalue weighted by Gasteiger charge is 2.25. The Morgan fingerprint density at radius 2 is 2.10 bits per heavy atom. The van der Waals surface area contributed by atoms with Gasteiger partial charge in [0.15, 0.2) is 5.60 Å². The molecule has 1 aliphatic rings. The van der Waals surface area contributed by atoms with E-state index >= 15 is 0 Å². The molecule has 1 atom stereocenters. The highest BCUT2D eigenvalue weighted by molar-refractivity contribution is 5.91. The zero-order valence-electron chi connectivity index (χ0n) is 16.8. The molecular weight excluding hydrogens is 388 g/mol. The van der Waals surface area contributed by atoms with Crippen molar-refractivity contribution < 1.29 is 24.3 Å². The molecule has 0 bridgehead atoms. The van der Waals surface area contributed by atoms with Crippen molar-refractivity contribution >= 4 is 5.91 Å². The lowest BCUT2D eigenvalue weighted by Crippen LogP contribution is -2.18. The molecule has 0 unspecified atom stereocenters. The summed E-state index contributed by atoms with van der Waals surface area (Å²) in [7, 11) is 1.00. The molecule has 156 valence electrons. The molecular formula is C21H22N4O5. The summed E-state index contributed by atoms with van der Waals surface area (Å²) in [4.78, 5) is 15.8. The summed E-state index contributed by atoms with van der Waals surface area (Å²) in [6.07, 6.45) is 1.62. The number of aliphatic hydroxyl groups is 2. The van der Waals surface area contributed by atoms with Gasteiger partial charge in [0.05, 0.1) is 12.1 Å². The van der Waals surface area contributed by atoms with Crippen LogP contribution in [-0.4, -0.2) is 44.5 Å². The van der Waals surface area contributed by atoms with E-state index in [0.29, 0.717) is 47.3 Å². The summed E-state index contributed by atoms with van der Waals surface area (Å²) in [6, 6.07) is 7.04. The van der Waals surface area contributed by atoms with Gasteiger partial charge in [-0.25, -0.2) is 4.98 Å². The van der Waals surface area contributed by atoms with Gasteiger partial charge in [-0.1, -0.05) is 17.0 Å². The Morgan fingerprint density at radius 1 is 1.33 bits per heavy atom. The predicted molar refractivity (Wildman–Crippen MR) is 108 cm³/mol. The van der Waals surface area contributed by atoms with Crippen molar-refractivity contribution in [1.82, 2.24) is 14.7 Å². The van der Waals surface area contributed by atoms with Gasteiger partial charge in [0.1, 0.15) is 35.3 Å². The smallest absolute Gasteiger partial charge is 0.268 e. The van der Waals surface area contributed by atoms with E-state index in [1.807, 2.05) is 4.57 Å². The number of carbonyl (C=O) groups excluding carboxylic acids is 1. The number of ether oxygens (including phenoxy) is 1. The summed E-state index contributed by atoms with van der Waals surface area (Å²) in [5.74, 6) is 7.01. The van der Waals surface area contributed by atoms with E-state index in [1.165, 1.54) is 0 Å². The van der Waals surface area contributed by atoms with Crippen LogP contribution < -0.4 is 10.5 Å². The quantitative estimate of drug-likeness (QED) is 0.540. The number of nitrogens with two attached hydrogens (primary N) is 1. The Bertz CT molecular complexity index is 1130. The molecule has 0 aliphatic carbocycles. The number of aryl methyl sites for hydroxylation is 1. The third kappa shape index (κ3) is 4.20. The van der Waals surface area contributed by atoms with E-state index in [0.717, 1.165) is 7.11 Å². The van der Waals surface area contributed by atoms with Gasteiger partial charge >= 0.3 is 0 Å². The first-order valence-electron chi connectivity index (χ1n) is 9.12. The van der Waals surface area contributed by atoms with Crippen LogP contribution in [0.25, 0.3) is 11.4 Å². The maximum absolute atomic E-state index is 11.5. The van der Waals surface area contributed by atoms with Crippen LogP contribution in [-0.2, 0) is 12.1 Å². The van der Waals surface area contributed by atoms with Crippen molar-refractivity contribution in [3.05, 3.63) is 53.2 Å². The second kappa shape index (κ2) is 8.41. The number of nitrogens with zero attached hydrogens (tertiary/aromatic N) is 3. The molecule has 3 heterocycles. The number of primary amides is 1. The van der Waals surface area contributed by atoms with Gasteiger partial charge in [0.25, 0.3) is 5.91 Å². The van der Waals surface area contributed by atoms with Crippen LogP contribution in [0.2, 0.25) is 0 Å². The lowest BCUT2D eigenvalue weighted by Gasteiger charge is -2.11. The van der Waals surface area contributed by atoms with Crippen molar-refractivity contribution in [2.24, 2.45) is 5.73 Å². The first kappa shape index (κ1) is 21.1. The lowest BCUT2D eigenvalue weighted by molar-refractivity contribution is 0.0995. The Morgan fingerprint density at radius 3 is 2.77 bits per heavy atom. The molecule has 1 aliphatic heterocycles. The highest BCUT2D eigenvalue weighted by atomic mass is 16.5. The molecule has 0 saturated carbocycles. The van der Waals surface area contributed by atoms with Crippen molar-refractivity contribution in [2.45, 2.75) is 26.0 Å². The summed E-state index contributed by atoms with van der Waals surface area (Å²) in [5.41, 5.74) is 5.80. The molecule has 3 aromatic rings. The normalized spacial score (nSPS) is 13.8. The van der Waals surface area contributed by atoms with Crippen LogP contribution in [0, 0.1) is 18.8 Å². The SMILES string of the molecule is CO.Cc1cc([C@@](C)(O)C#Cc2ccc3c(c2)-c2nc(C(N)=O)cn2CCO3)no1. The zero-order chi connectivity index (χ0) is 21.9. The summed E-state index contributed by atoms with van der Waals surface area (Å²) < 4.78 is 12.6. The zero-order valence-corrected chi connectivity index (χ0v) is 16.8. The molecule has 1 amide bonds. The highest BCUT2D eigenvalue weighted by Crippen LogP contribution is 2.32. The van der Waals surface area contributed by atoms with Crippen molar-refractivity contribution in [1.29, 1.82) is 0 Å². The first-order valence-corrected chi connectivity index (χ1v) is 9.12.